The topological polar surface area (TPSA) is 37.3 Å². The van der Waals surface area contributed by atoms with Crippen LogP contribution in [0.4, 0.5) is 0 Å². The molecule has 0 heterocycles. The highest BCUT2D eigenvalue weighted by Crippen LogP contribution is 2.13. The highest BCUT2D eigenvalue weighted by atomic mass is 16.4. The number of benzene rings is 1. The molecule has 0 saturated carbocycles. The number of allylic oxidation sites excluding steroid dienone is 3. The van der Waals surface area contributed by atoms with Gasteiger partial charge in [0.25, 0.3) is 0 Å². The SMILES string of the molecule is CCC/C=C/c1ccccc1C/C=C/CCCCC(=O)O. The fourth-order valence-corrected chi connectivity index (χ4v) is 2.13. The molecule has 0 aliphatic rings. The fourth-order valence-electron chi connectivity index (χ4n) is 2.13. The summed E-state index contributed by atoms with van der Waals surface area (Å²) >= 11 is 0. The van der Waals surface area contributed by atoms with Gasteiger partial charge in [0.1, 0.15) is 0 Å². The molecular formula is C19H26O2. The molecule has 0 fully saturated rings. The smallest absolute Gasteiger partial charge is 0.303 e. The van der Waals surface area contributed by atoms with E-state index < -0.39 is 5.97 Å². The molecule has 0 aliphatic heterocycles. The summed E-state index contributed by atoms with van der Waals surface area (Å²) in [4.78, 5) is 10.4. The van der Waals surface area contributed by atoms with E-state index in [0.29, 0.717) is 0 Å². The Labute approximate surface area is 128 Å². The van der Waals surface area contributed by atoms with Crippen molar-refractivity contribution in [1.82, 2.24) is 0 Å². The van der Waals surface area contributed by atoms with Crippen molar-refractivity contribution in [2.45, 2.75) is 51.9 Å². The highest BCUT2D eigenvalue weighted by molar-refractivity contribution is 5.66. The first-order chi connectivity index (χ1) is 10.2. The molecule has 1 rings (SSSR count). The number of rotatable bonds is 10. The molecule has 0 radical (unpaired) electrons. The van der Waals surface area contributed by atoms with Crippen molar-refractivity contribution in [3.8, 4) is 0 Å². The zero-order valence-electron chi connectivity index (χ0n) is 12.9. The molecule has 2 heteroatoms. The van der Waals surface area contributed by atoms with Crippen LogP contribution in [0, 0.1) is 0 Å². The van der Waals surface area contributed by atoms with E-state index in [1.54, 1.807) is 0 Å². The maximum Gasteiger partial charge on any atom is 0.303 e. The van der Waals surface area contributed by atoms with Crippen LogP contribution in [-0.2, 0) is 11.2 Å². The van der Waals surface area contributed by atoms with E-state index in [2.05, 4.69) is 55.5 Å². The zero-order chi connectivity index (χ0) is 15.3. The maximum absolute atomic E-state index is 10.4. The monoisotopic (exact) mass is 286 g/mol. The maximum atomic E-state index is 10.4. The molecule has 0 spiro atoms. The number of carbonyl (C=O) groups is 1. The van der Waals surface area contributed by atoms with Crippen LogP contribution < -0.4 is 0 Å². The van der Waals surface area contributed by atoms with Crippen molar-refractivity contribution in [3.05, 3.63) is 53.6 Å². The second kappa shape index (κ2) is 10.9. The predicted octanol–water partition coefficient (Wildman–Crippen LogP) is 5.24. The lowest BCUT2D eigenvalue weighted by atomic mass is 10.0. The van der Waals surface area contributed by atoms with Crippen LogP contribution in [0.3, 0.4) is 0 Å². The largest absolute Gasteiger partial charge is 0.481 e. The zero-order valence-corrected chi connectivity index (χ0v) is 12.9. The second-order valence-electron chi connectivity index (χ2n) is 5.20. The van der Waals surface area contributed by atoms with Crippen LogP contribution in [0.2, 0.25) is 0 Å². The van der Waals surface area contributed by atoms with E-state index in [0.717, 1.165) is 32.1 Å². The first-order valence-corrected chi connectivity index (χ1v) is 7.85. The summed E-state index contributed by atoms with van der Waals surface area (Å²) in [7, 11) is 0. The van der Waals surface area contributed by atoms with E-state index in [1.165, 1.54) is 17.5 Å². The number of hydrogen-bond acceptors (Lipinski definition) is 1. The Hall–Kier alpha value is -1.83. The van der Waals surface area contributed by atoms with Crippen LogP contribution in [0.15, 0.2) is 42.5 Å². The lowest BCUT2D eigenvalue weighted by molar-refractivity contribution is -0.137. The first-order valence-electron chi connectivity index (χ1n) is 7.85. The van der Waals surface area contributed by atoms with Gasteiger partial charge < -0.3 is 5.11 Å². The third-order valence-corrected chi connectivity index (χ3v) is 3.32. The van der Waals surface area contributed by atoms with Crippen LogP contribution in [-0.4, -0.2) is 11.1 Å². The van der Waals surface area contributed by atoms with Gasteiger partial charge in [0.15, 0.2) is 0 Å². The molecule has 0 aromatic heterocycles. The van der Waals surface area contributed by atoms with Crippen molar-refractivity contribution < 1.29 is 9.90 Å². The number of carboxylic acid groups (broad SMARTS) is 1. The van der Waals surface area contributed by atoms with Gasteiger partial charge in [0.05, 0.1) is 0 Å². The molecule has 1 aromatic carbocycles. The normalized spacial score (nSPS) is 11.5. The fraction of sp³-hybridized carbons (Fsp3) is 0.421. The minimum atomic E-state index is -0.702. The predicted molar refractivity (Wildman–Crippen MR) is 89.3 cm³/mol. The summed E-state index contributed by atoms with van der Waals surface area (Å²) in [5.41, 5.74) is 2.63. The molecule has 0 aliphatic carbocycles. The summed E-state index contributed by atoms with van der Waals surface area (Å²) in [5, 5.41) is 8.56. The van der Waals surface area contributed by atoms with Crippen LogP contribution >= 0.6 is 0 Å². The third kappa shape index (κ3) is 8.13. The van der Waals surface area contributed by atoms with Crippen LogP contribution in [0.1, 0.15) is 56.6 Å². The van der Waals surface area contributed by atoms with Gasteiger partial charge >= 0.3 is 5.97 Å². The Kier molecular flexibility index (Phi) is 8.94. The molecular weight excluding hydrogens is 260 g/mol. The molecule has 0 amide bonds. The minimum Gasteiger partial charge on any atom is -0.481 e. The van der Waals surface area contributed by atoms with E-state index >= 15 is 0 Å². The Morgan fingerprint density at radius 2 is 1.90 bits per heavy atom. The lowest BCUT2D eigenvalue weighted by Gasteiger charge is -2.02. The number of aliphatic carboxylic acids is 1. The van der Waals surface area contributed by atoms with Crippen molar-refractivity contribution in [1.29, 1.82) is 0 Å². The number of unbranched alkanes of at least 4 members (excludes halogenated alkanes) is 3. The molecule has 0 atom stereocenters. The van der Waals surface area contributed by atoms with E-state index in [9.17, 15) is 4.79 Å². The van der Waals surface area contributed by atoms with Gasteiger partial charge in [-0.15, -0.1) is 0 Å². The molecule has 0 unspecified atom stereocenters. The van der Waals surface area contributed by atoms with Gasteiger partial charge in [-0.3, -0.25) is 4.79 Å². The second-order valence-corrected chi connectivity index (χ2v) is 5.20. The Morgan fingerprint density at radius 1 is 1.10 bits per heavy atom. The third-order valence-electron chi connectivity index (χ3n) is 3.32. The van der Waals surface area contributed by atoms with E-state index in [1.807, 2.05) is 0 Å². The van der Waals surface area contributed by atoms with E-state index in [-0.39, 0.29) is 6.42 Å². The van der Waals surface area contributed by atoms with Gasteiger partial charge in [-0.05, 0) is 43.2 Å². The first kappa shape index (κ1) is 17.2. The van der Waals surface area contributed by atoms with Crippen molar-refractivity contribution >= 4 is 12.0 Å². The molecule has 21 heavy (non-hydrogen) atoms. The molecule has 0 bridgehead atoms. The van der Waals surface area contributed by atoms with Crippen molar-refractivity contribution in [2.75, 3.05) is 0 Å². The average molecular weight is 286 g/mol. The van der Waals surface area contributed by atoms with Gasteiger partial charge in [0.2, 0.25) is 0 Å². The van der Waals surface area contributed by atoms with Crippen molar-refractivity contribution in [3.63, 3.8) is 0 Å². The Morgan fingerprint density at radius 3 is 2.67 bits per heavy atom. The molecule has 0 saturated heterocycles. The summed E-state index contributed by atoms with van der Waals surface area (Å²) in [6.07, 6.45) is 15.0. The Balaban J connectivity index is 2.38. The van der Waals surface area contributed by atoms with E-state index in [4.69, 9.17) is 5.11 Å². The van der Waals surface area contributed by atoms with Crippen molar-refractivity contribution in [2.24, 2.45) is 0 Å². The summed E-state index contributed by atoms with van der Waals surface area (Å²) in [5.74, 6) is -0.702. The standard InChI is InChI=1S/C19H26O2/c1-2-3-7-12-17-14-10-11-15-18(17)13-8-5-4-6-9-16-19(20)21/h5,7-8,10-12,14-15H,2-4,6,9,13,16H2,1H3,(H,20,21)/b8-5+,12-7+. The quantitative estimate of drug-likeness (QED) is 0.471. The molecule has 1 N–H and O–H groups in total. The Bertz CT molecular complexity index is 472. The number of carboxylic acids is 1. The van der Waals surface area contributed by atoms with Gasteiger partial charge in [-0.1, -0.05) is 61.9 Å². The minimum absolute atomic E-state index is 0.277. The highest BCUT2D eigenvalue weighted by Gasteiger charge is 1.96. The van der Waals surface area contributed by atoms with Gasteiger partial charge in [0, 0.05) is 6.42 Å². The molecule has 114 valence electrons. The molecule has 1 aromatic rings. The lowest BCUT2D eigenvalue weighted by Crippen LogP contribution is -1.93. The summed E-state index contributed by atoms with van der Waals surface area (Å²) < 4.78 is 0. The number of hydrogen-bond donors (Lipinski definition) is 1. The molecule has 2 nitrogen and oxygen atoms in total. The summed E-state index contributed by atoms with van der Waals surface area (Å²) in [6, 6.07) is 8.47. The van der Waals surface area contributed by atoms with Gasteiger partial charge in [-0.2, -0.15) is 0 Å². The van der Waals surface area contributed by atoms with Gasteiger partial charge in [-0.25, -0.2) is 0 Å². The summed E-state index contributed by atoms with van der Waals surface area (Å²) in [6.45, 7) is 2.18. The average Bonchev–Trinajstić information content (AvgIpc) is 2.47. The van der Waals surface area contributed by atoms with Crippen LogP contribution in [0.5, 0.6) is 0 Å². The van der Waals surface area contributed by atoms with Crippen LogP contribution in [0.25, 0.3) is 6.08 Å².